The van der Waals surface area contributed by atoms with Crippen LogP contribution in [0.3, 0.4) is 0 Å². The van der Waals surface area contributed by atoms with Gasteiger partial charge < -0.3 is 0 Å². The third-order valence-electron chi connectivity index (χ3n) is 2.99. The van der Waals surface area contributed by atoms with Crippen molar-refractivity contribution in [3.8, 4) is 0 Å². The predicted octanol–water partition coefficient (Wildman–Crippen LogP) is 3.29. The predicted molar refractivity (Wildman–Crippen MR) is 90.6 cm³/mol. The Morgan fingerprint density at radius 1 is 1.43 bits per heavy atom. The number of thioether (sulfide) groups is 1. The number of benzene rings is 1. The van der Waals surface area contributed by atoms with Crippen LogP contribution in [0.25, 0.3) is 6.08 Å². The number of non-ortho nitro benzene ring substituents is 1. The maximum atomic E-state index is 12.3. The zero-order valence-corrected chi connectivity index (χ0v) is 13.5. The van der Waals surface area contributed by atoms with Gasteiger partial charge in [-0.05, 0) is 23.4 Å². The maximum absolute atomic E-state index is 12.3. The van der Waals surface area contributed by atoms with E-state index < -0.39 is 4.92 Å². The van der Waals surface area contributed by atoms with Gasteiger partial charge in [-0.15, -0.1) is 11.3 Å². The number of amides is 1. The molecule has 0 saturated carbocycles. The molecule has 2 aromatic rings. The number of aromatic nitrogens is 1. The molecule has 1 aromatic heterocycles. The highest BCUT2D eigenvalue weighted by Crippen LogP contribution is 2.33. The Bertz CT molecular complexity index is 830. The van der Waals surface area contributed by atoms with E-state index in [1.165, 1.54) is 40.1 Å². The number of amidine groups is 1. The fraction of sp³-hybridized carbons (Fsp3) is 0.0714. The minimum Gasteiger partial charge on any atom is -0.289 e. The highest BCUT2D eigenvalue weighted by atomic mass is 32.2. The van der Waals surface area contributed by atoms with E-state index >= 15 is 0 Å². The van der Waals surface area contributed by atoms with Crippen LogP contribution in [0.15, 0.2) is 45.7 Å². The summed E-state index contributed by atoms with van der Waals surface area (Å²) in [5.74, 6) is -0.197. The van der Waals surface area contributed by atoms with Crippen LogP contribution in [-0.4, -0.2) is 32.9 Å². The lowest BCUT2D eigenvalue weighted by atomic mass is 10.2. The summed E-state index contributed by atoms with van der Waals surface area (Å²) in [4.78, 5) is 32.9. The Morgan fingerprint density at radius 2 is 2.26 bits per heavy atom. The van der Waals surface area contributed by atoms with Gasteiger partial charge >= 0.3 is 0 Å². The summed E-state index contributed by atoms with van der Waals surface area (Å²) in [6, 6.07) is 6.14. The van der Waals surface area contributed by atoms with Gasteiger partial charge in [0.25, 0.3) is 11.6 Å². The fourth-order valence-corrected chi connectivity index (χ4v) is 3.41. The highest BCUT2D eigenvalue weighted by Gasteiger charge is 2.30. The first-order valence-corrected chi connectivity index (χ1v) is 8.14. The minimum atomic E-state index is -0.465. The quantitative estimate of drug-likeness (QED) is 0.483. The molecule has 0 bridgehead atoms. The first kappa shape index (κ1) is 15.4. The number of nitro groups is 1. The lowest BCUT2D eigenvalue weighted by Gasteiger charge is -2.05. The van der Waals surface area contributed by atoms with Crippen LogP contribution in [0.2, 0.25) is 0 Å². The molecule has 2 heterocycles. The molecule has 0 spiro atoms. The van der Waals surface area contributed by atoms with E-state index in [1.807, 2.05) is 0 Å². The summed E-state index contributed by atoms with van der Waals surface area (Å²) in [5.41, 5.74) is 0.582. The van der Waals surface area contributed by atoms with Crippen molar-refractivity contribution in [2.24, 2.45) is 4.99 Å². The third kappa shape index (κ3) is 3.30. The summed E-state index contributed by atoms with van der Waals surface area (Å²) < 4.78 is 0. The number of nitrogens with zero attached hydrogens (tertiary/aromatic N) is 4. The monoisotopic (exact) mass is 346 g/mol. The standard InChI is InChI=1S/C14H10N4O3S2/c1-17-12(19)11(23-14(17)16-13-15-5-6-22-13)8-9-3-2-4-10(7-9)18(20)21/h2-8H,1H3/b11-8-,16-14+. The van der Waals surface area contributed by atoms with Crippen LogP contribution < -0.4 is 0 Å². The second kappa shape index (κ2) is 6.31. The van der Waals surface area contributed by atoms with Crippen LogP contribution in [-0.2, 0) is 4.79 Å². The SMILES string of the molecule is CN1C(=O)/C(=C/c2cccc([N+](=O)[O-])c2)S/C1=N/c1nccs1. The molecule has 1 amide bonds. The van der Waals surface area contributed by atoms with Crippen molar-refractivity contribution in [2.45, 2.75) is 0 Å². The van der Waals surface area contributed by atoms with Gasteiger partial charge in [-0.3, -0.25) is 19.8 Å². The topological polar surface area (TPSA) is 88.7 Å². The van der Waals surface area contributed by atoms with Crippen molar-refractivity contribution < 1.29 is 9.72 Å². The van der Waals surface area contributed by atoms with Crippen LogP contribution in [0, 0.1) is 10.1 Å². The van der Waals surface area contributed by atoms with Gasteiger partial charge in [0.2, 0.25) is 5.13 Å². The minimum absolute atomic E-state index is 0.0140. The Balaban J connectivity index is 1.90. The van der Waals surface area contributed by atoms with Gasteiger partial charge in [-0.25, -0.2) is 4.98 Å². The molecule has 1 aliphatic rings. The van der Waals surface area contributed by atoms with Crippen molar-refractivity contribution in [3.63, 3.8) is 0 Å². The second-order valence-electron chi connectivity index (χ2n) is 4.54. The van der Waals surface area contributed by atoms with Gasteiger partial charge in [0.05, 0.1) is 9.83 Å². The number of carbonyl (C=O) groups is 1. The highest BCUT2D eigenvalue weighted by molar-refractivity contribution is 8.18. The summed E-state index contributed by atoms with van der Waals surface area (Å²) in [6.45, 7) is 0. The molecule has 1 saturated heterocycles. The largest absolute Gasteiger partial charge is 0.289 e. The number of aliphatic imine (C=N–C) groups is 1. The number of nitro benzene ring substituents is 1. The molecular weight excluding hydrogens is 336 g/mol. The number of thiazole rings is 1. The third-order valence-corrected chi connectivity index (χ3v) is 4.72. The normalized spacial score (nSPS) is 18.1. The van der Waals surface area contributed by atoms with Gasteiger partial charge in [0, 0.05) is 30.8 Å². The zero-order valence-electron chi connectivity index (χ0n) is 11.9. The Labute approximate surface area is 139 Å². The summed E-state index contributed by atoms with van der Waals surface area (Å²) in [7, 11) is 1.63. The van der Waals surface area contributed by atoms with Gasteiger partial charge in [0.15, 0.2) is 5.17 Å². The lowest BCUT2D eigenvalue weighted by Crippen LogP contribution is -2.23. The first-order valence-electron chi connectivity index (χ1n) is 6.45. The van der Waals surface area contributed by atoms with Gasteiger partial charge in [-0.1, -0.05) is 12.1 Å². The van der Waals surface area contributed by atoms with Gasteiger partial charge in [-0.2, -0.15) is 4.99 Å². The van der Waals surface area contributed by atoms with E-state index in [0.29, 0.717) is 20.8 Å². The van der Waals surface area contributed by atoms with Crippen LogP contribution >= 0.6 is 23.1 Å². The fourth-order valence-electron chi connectivity index (χ4n) is 1.88. The first-order chi connectivity index (χ1) is 11.0. The number of hydrogen-bond donors (Lipinski definition) is 0. The molecule has 0 unspecified atom stereocenters. The molecule has 1 aromatic carbocycles. The summed E-state index contributed by atoms with van der Waals surface area (Å²) in [6.07, 6.45) is 3.27. The van der Waals surface area contributed by atoms with Crippen LogP contribution in [0.1, 0.15) is 5.56 Å². The van der Waals surface area contributed by atoms with Crippen molar-refractivity contribution in [1.82, 2.24) is 9.88 Å². The molecule has 23 heavy (non-hydrogen) atoms. The molecule has 1 fully saturated rings. The van der Waals surface area contributed by atoms with E-state index in [0.717, 1.165) is 0 Å². The van der Waals surface area contributed by atoms with Crippen molar-refractivity contribution in [2.75, 3.05) is 7.05 Å². The summed E-state index contributed by atoms with van der Waals surface area (Å²) in [5, 5.41) is 13.7. The smallest absolute Gasteiger partial charge is 0.270 e. The lowest BCUT2D eigenvalue weighted by molar-refractivity contribution is -0.384. The Kier molecular flexibility index (Phi) is 4.22. The molecule has 9 heteroatoms. The molecule has 0 aliphatic carbocycles. The van der Waals surface area contributed by atoms with Crippen molar-refractivity contribution >= 4 is 51.1 Å². The number of likely N-dealkylation sites (N-methyl/N-ethyl adjacent to an activating group) is 1. The molecule has 0 radical (unpaired) electrons. The molecule has 0 atom stereocenters. The van der Waals surface area contributed by atoms with E-state index in [4.69, 9.17) is 0 Å². The van der Waals surface area contributed by atoms with E-state index in [2.05, 4.69) is 9.98 Å². The van der Waals surface area contributed by atoms with Crippen molar-refractivity contribution in [1.29, 1.82) is 0 Å². The Morgan fingerprint density at radius 3 is 2.96 bits per heavy atom. The van der Waals surface area contributed by atoms with E-state index in [9.17, 15) is 14.9 Å². The molecular formula is C14H10N4O3S2. The van der Waals surface area contributed by atoms with Crippen molar-refractivity contribution in [3.05, 3.63) is 56.4 Å². The maximum Gasteiger partial charge on any atom is 0.270 e. The second-order valence-corrected chi connectivity index (χ2v) is 6.42. The van der Waals surface area contributed by atoms with Gasteiger partial charge in [0.1, 0.15) is 0 Å². The molecule has 7 nitrogen and oxygen atoms in total. The Hall–Kier alpha value is -2.52. The van der Waals surface area contributed by atoms with E-state index in [-0.39, 0.29) is 11.6 Å². The average molecular weight is 346 g/mol. The molecule has 0 N–H and O–H groups in total. The number of carbonyl (C=O) groups excluding carboxylic acids is 1. The average Bonchev–Trinajstić information content (AvgIpc) is 3.13. The zero-order chi connectivity index (χ0) is 16.4. The van der Waals surface area contributed by atoms with Crippen LogP contribution in [0.5, 0.6) is 0 Å². The van der Waals surface area contributed by atoms with E-state index in [1.54, 1.807) is 36.8 Å². The molecule has 116 valence electrons. The van der Waals surface area contributed by atoms with Crippen LogP contribution in [0.4, 0.5) is 10.8 Å². The number of rotatable bonds is 3. The molecule has 3 rings (SSSR count). The summed E-state index contributed by atoms with van der Waals surface area (Å²) >= 11 is 2.60. The molecule has 1 aliphatic heterocycles. The number of hydrogen-bond acceptors (Lipinski definition) is 7.